The zero-order chi connectivity index (χ0) is 19.4. The molecular formula is C25H29N3O. The molecule has 150 valence electrons. The van der Waals surface area contributed by atoms with Crippen LogP contribution >= 0.6 is 0 Å². The summed E-state index contributed by atoms with van der Waals surface area (Å²) < 4.78 is 2.09. The zero-order valence-electron chi connectivity index (χ0n) is 16.9. The van der Waals surface area contributed by atoms with E-state index < -0.39 is 0 Å². The number of hydrogen-bond donors (Lipinski definition) is 1. The first-order valence-electron chi connectivity index (χ1n) is 11.2. The molecule has 4 aliphatic rings. The topological polar surface area (TPSA) is 37.3 Å². The molecule has 2 atom stereocenters. The number of benzene rings is 1. The van der Waals surface area contributed by atoms with E-state index in [-0.39, 0.29) is 11.0 Å². The Bertz CT molecular complexity index is 1030. The molecule has 0 saturated carbocycles. The maximum absolute atomic E-state index is 13.2. The van der Waals surface area contributed by atoms with Crippen molar-refractivity contribution in [3.63, 3.8) is 0 Å². The lowest BCUT2D eigenvalue weighted by molar-refractivity contribution is 0.176. The normalized spacial score (nSPS) is 27.0. The molecule has 4 heteroatoms. The molecule has 4 nitrogen and oxygen atoms in total. The number of rotatable bonds is 2. The van der Waals surface area contributed by atoms with Gasteiger partial charge in [0.25, 0.3) is 5.56 Å². The van der Waals surface area contributed by atoms with Gasteiger partial charge in [-0.05, 0) is 62.0 Å². The fourth-order valence-corrected chi connectivity index (χ4v) is 6.18. The number of hydrogen-bond acceptors (Lipinski definition) is 3. The van der Waals surface area contributed by atoms with E-state index in [9.17, 15) is 4.79 Å². The number of pyridine rings is 1. The van der Waals surface area contributed by atoms with Gasteiger partial charge in [0.1, 0.15) is 0 Å². The molecule has 1 spiro atoms. The molecule has 1 aliphatic carbocycles. The number of likely N-dealkylation sites (tertiary alicyclic amines) is 1. The second-order valence-electron chi connectivity index (χ2n) is 9.51. The first kappa shape index (κ1) is 17.7. The Balaban J connectivity index is 1.20. The maximum Gasteiger partial charge on any atom is 0.255 e. The molecule has 1 N–H and O–H groups in total. The summed E-state index contributed by atoms with van der Waals surface area (Å²) in [7, 11) is 0. The van der Waals surface area contributed by atoms with E-state index in [4.69, 9.17) is 0 Å². The fourth-order valence-electron chi connectivity index (χ4n) is 6.18. The monoisotopic (exact) mass is 387 g/mol. The van der Waals surface area contributed by atoms with Crippen LogP contribution < -0.4 is 10.9 Å². The van der Waals surface area contributed by atoms with Crippen molar-refractivity contribution >= 4 is 6.08 Å². The van der Waals surface area contributed by atoms with Gasteiger partial charge in [0, 0.05) is 42.2 Å². The van der Waals surface area contributed by atoms with Crippen LogP contribution in [0.25, 0.3) is 6.08 Å². The average Bonchev–Trinajstić information content (AvgIpc) is 3.11. The summed E-state index contributed by atoms with van der Waals surface area (Å²) in [6, 6.07) is 13.2. The number of allylic oxidation sites excluding steroid dienone is 1. The number of nitrogens with one attached hydrogen (secondary N) is 1. The first-order valence-corrected chi connectivity index (χ1v) is 11.2. The molecule has 4 heterocycles. The van der Waals surface area contributed by atoms with E-state index in [0.717, 1.165) is 57.7 Å². The fraction of sp³-hybridized carbons (Fsp3) is 0.480. The van der Waals surface area contributed by atoms with E-state index in [0.29, 0.717) is 11.8 Å². The predicted octanol–water partition coefficient (Wildman–Crippen LogP) is 3.12. The Kier molecular flexibility index (Phi) is 4.07. The molecular weight excluding hydrogens is 358 g/mol. The van der Waals surface area contributed by atoms with E-state index in [1.807, 2.05) is 0 Å². The molecule has 3 aliphatic heterocycles. The van der Waals surface area contributed by atoms with Crippen LogP contribution in [0.15, 0.2) is 47.3 Å². The highest BCUT2D eigenvalue weighted by Gasteiger charge is 2.38. The summed E-state index contributed by atoms with van der Waals surface area (Å²) in [5.74, 6) is 1.12. The second-order valence-corrected chi connectivity index (χ2v) is 9.51. The lowest BCUT2D eigenvalue weighted by Gasteiger charge is -2.40. The highest BCUT2D eigenvalue weighted by atomic mass is 16.1. The quantitative estimate of drug-likeness (QED) is 0.860. The maximum atomic E-state index is 13.2. The van der Waals surface area contributed by atoms with Crippen LogP contribution in [0, 0.1) is 5.92 Å². The van der Waals surface area contributed by atoms with Gasteiger partial charge in [0.05, 0.1) is 0 Å². The van der Waals surface area contributed by atoms with Gasteiger partial charge in [-0.1, -0.05) is 42.5 Å². The molecule has 2 fully saturated rings. The SMILES string of the molecule is O=c1c(CN2CCC3(C=Cc4ccccc43)CC2)ccc2n1C[C@@H]1CNC[C@H]2C1. The van der Waals surface area contributed by atoms with Gasteiger partial charge in [-0.3, -0.25) is 9.69 Å². The van der Waals surface area contributed by atoms with Crippen LogP contribution in [0.4, 0.5) is 0 Å². The molecule has 0 unspecified atom stereocenters. The van der Waals surface area contributed by atoms with Crippen molar-refractivity contribution in [2.24, 2.45) is 5.92 Å². The van der Waals surface area contributed by atoms with E-state index >= 15 is 0 Å². The van der Waals surface area contributed by atoms with Crippen LogP contribution in [-0.2, 0) is 18.5 Å². The van der Waals surface area contributed by atoms with Gasteiger partial charge in [-0.2, -0.15) is 0 Å². The summed E-state index contributed by atoms with van der Waals surface area (Å²) in [6.07, 6.45) is 8.24. The number of fused-ring (bicyclic) bond motifs is 6. The van der Waals surface area contributed by atoms with Crippen molar-refractivity contribution in [2.75, 3.05) is 26.2 Å². The van der Waals surface area contributed by atoms with Crippen LogP contribution in [0.3, 0.4) is 0 Å². The van der Waals surface area contributed by atoms with Gasteiger partial charge in [-0.15, -0.1) is 0 Å². The highest BCUT2D eigenvalue weighted by Crippen LogP contribution is 2.43. The Morgan fingerprint density at radius 2 is 1.93 bits per heavy atom. The van der Waals surface area contributed by atoms with Crippen molar-refractivity contribution in [3.05, 3.63) is 75.2 Å². The molecule has 29 heavy (non-hydrogen) atoms. The third-order valence-corrected chi connectivity index (χ3v) is 7.81. The number of aromatic nitrogens is 1. The van der Waals surface area contributed by atoms with Gasteiger partial charge < -0.3 is 9.88 Å². The summed E-state index contributed by atoms with van der Waals surface area (Å²) in [6.45, 7) is 5.84. The summed E-state index contributed by atoms with van der Waals surface area (Å²) >= 11 is 0. The molecule has 2 saturated heterocycles. The van der Waals surface area contributed by atoms with Crippen molar-refractivity contribution in [1.29, 1.82) is 0 Å². The highest BCUT2D eigenvalue weighted by molar-refractivity contribution is 5.65. The number of piperidine rings is 2. The molecule has 1 aromatic heterocycles. The molecule has 1 aromatic carbocycles. The summed E-state index contributed by atoms with van der Waals surface area (Å²) in [5.41, 5.74) is 5.56. The first-order chi connectivity index (χ1) is 14.2. The molecule has 2 aromatic rings. The number of nitrogens with zero attached hydrogens (tertiary/aromatic N) is 2. The van der Waals surface area contributed by atoms with Crippen LogP contribution in [0.2, 0.25) is 0 Å². The predicted molar refractivity (Wildman–Crippen MR) is 116 cm³/mol. The van der Waals surface area contributed by atoms with Gasteiger partial charge in [-0.25, -0.2) is 0 Å². The minimum atomic E-state index is 0.211. The Labute approximate surface area is 172 Å². The smallest absolute Gasteiger partial charge is 0.255 e. The average molecular weight is 388 g/mol. The van der Waals surface area contributed by atoms with Gasteiger partial charge in [0.15, 0.2) is 0 Å². The van der Waals surface area contributed by atoms with E-state index in [2.05, 4.69) is 63.3 Å². The van der Waals surface area contributed by atoms with E-state index in [1.165, 1.54) is 23.2 Å². The van der Waals surface area contributed by atoms with Gasteiger partial charge in [0.2, 0.25) is 0 Å². The Morgan fingerprint density at radius 1 is 1.07 bits per heavy atom. The van der Waals surface area contributed by atoms with Crippen LogP contribution in [0.5, 0.6) is 0 Å². The minimum absolute atomic E-state index is 0.211. The minimum Gasteiger partial charge on any atom is -0.316 e. The lowest BCUT2D eigenvalue weighted by atomic mass is 9.74. The lowest BCUT2D eigenvalue weighted by Crippen LogP contribution is -2.46. The second kappa shape index (κ2) is 6.68. The molecule has 6 rings (SSSR count). The Morgan fingerprint density at radius 3 is 2.83 bits per heavy atom. The third-order valence-electron chi connectivity index (χ3n) is 7.81. The standard InChI is InChI=1S/C25H29N3O/c29-24-20(5-6-23-21-13-18(14-26-15-21)16-28(23)24)17-27-11-9-25(10-12-27)8-7-19-3-1-2-4-22(19)25/h1-8,18,21,26H,9-17H2/t18-,21+/m0/s1. The van der Waals surface area contributed by atoms with Crippen LogP contribution in [-0.4, -0.2) is 35.6 Å². The van der Waals surface area contributed by atoms with Gasteiger partial charge >= 0.3 is 0 Å². The van der Waals surface area contributed by atoms with Crippen molar-refractivity contribution in [1.82, 2.24) is 14.8 Å². The van der Waals surface area contributed by atoms with E-state index in [1.54, 1.807) is 0 Å². The van der Waals surface area contributed by atoms with Crippen molar-refractivity contribution in [2.45, 2.75) is 43.7 Å². The molecule has 0 amide bonds. The Hall–Kier alpha value is -2.17. The largest absolute Gasteiger partial charge is 0.316 e. The summed E-state index contributed by atoms with van der Waals surface area (Å²) in [5, 5.41) is 3.53. The zero-order valence-corrected chi connectivity index (χ0v) is 16.9. The molecule has 0 radical (unpaired) electrons. The van der Waals surface area contributed by atoms with Crippen LogP contribution in [0.1, 0.15) is 47.6 Å². The summed E-state index contributed by atoms with van der Waals surface area (Å²) in [4.78, 5) is 15.7. The molecule has 2 bridgehead atoms. The van der Waals surface area contributed by atoms with Crippen molar-refractivity contribution < 1.29 is 0 Å². The van der Waals surface area contributed by atoms with Crippen molar-refractivity contribution in [3.8, 4) is 0 Å². The third kappa shape index (κ3) is 2.84.